The van der Waals surface area contributed by atoms with Crippen molar-refractivity contribution in [1.29, 1.82) is 0 Å². The molecule has 2 aromatic rings. The molecule has 1 amide bonds. The van der Waals surface area contributed by atoms with Gasteiger partial charge in [-0.3, -0.25) is 9.48 Å². The molecular formula is C22H33N5O2. The lowest BCUT2D eigenvalue weighted by Crippen LogP contribution is -2.57. The van der Waals surface area contributed by atoms with E-state index in [9.17, 15) is 4.79 Å². The van der Waals surface area contributed by atoms with Crippen LogP contribution >= 0.6 is 0 Å². The summed E-state index contributed by atoms with van der Waals surface area (Å²) in [6.45, 7) is 7.47. The highest BCUT2D eigenvalue weighted by Gasteiger charge is 2.37. The molecule has 7 heteroatoms. The molecule has 0 atom stereocenters. The number of aryl methyl sites for hydroxylation is 2. The molecule has 1 aliphatic carbocycles. The number of carbonyl (C=O) groups is 1. The summed E-state index contributed by atoms with van der Waals surface area (Å²) in [5, 5.41) is 11.8. The van der Waals surface area contributed by atoms with Crippen LogP contribution in [0.2, 0.25) is 0 Å². The summed E-state index contributed by atoms with van der Waals surface area (Å²) >= 11 is 0. The first-order valence-corrected chi connectivity index (χ1v) is 11.0. The molecule has 2 fully saturated rings. The number of carbonyl (C=O) groups excluding carboxylic acids is 1. The molecule has 158 valence electrons. The smallest absolute Gasteiger partial charge is 0.273 e. The van der Waals surface area contributed by atoms with Crippen molar-refractivity contribution in [2.75, 3.05) is 19.6 Å². The van der Waals surface area contributed by atoms with E-state index in [0.29, 0.717) is 11.5 Å². The first kappa shape index (κ1) is 20.1. The van der Waals surface area contributed by atoms with Crippen LogP contribution in [0.1, 0.15) is 68.1 Å². The minimum atomic E-state index is -0.154. The molecule has 2 aliphatic rings. The third-order valence-corrected chi connectivity index (χ3v) is 6.61. The molecule has 1 saturated carbocycles. The third-order valence-electron chi connectivity index (χ3n) is 6.61. The van der Waals surface area contributed by atoms with Crippen LogP contribution in [0.4, 0.5) is 0 Å². The Balaban J connectivity index is 1.47. The summed E-state index contributed by atoms with van der Waals surface area (Å²) < 4.78 is 7.21. The molecule has 0 radical (unpaired) electrons. The van der Waals surface area contributed by atoms with Gasteiger partial charge in [-0.1, -0.05) is 31.3 Å². The first-order valence-electron chi connectivity index (χ1n) is 11.0. The van der Waals surface area contributed by atoms with Crippen molar-refractivity contribution in [3.63, 3.8) is 0 Å². The van der Waals surface area contributed by atoms with Gasteiger partial charge in [0.25, 0.3) is 5.91 Å². The molecule has 2 aromatic heterocycles. The monoisotopic (exact) mass is 399 g/mol. The maximum Gasteiger partial charge on any atom is 0.273 e. The summed E-state index contributed by atoms with van der Waals surface area (Å²) in [5.41, 5.74) is 1.92. The lowest BCUT2D eigenvalue weighted by molar-refractivity contribution is 0.0752. The topological polar surface area (TPSA) is 76.2 Å². The Morgan fingerprint density at radius 1 is 1.28 bits per heavy atom. The zero-order valence-electron chi connectivity index (χ0n) is 17.9. The number of hydrogen-bond donors (Lipinski definition) is 1. The molecular weight excluding hydrogens is 366 g/mol. The Hall–Kier alpha value is -2.15. The van der Waals surface area contributed by atoms with E-state index in [4.69, 9.17) is 4.52 Å². The number of amides is 1. The number of aromatic nitrogens is 3. The van der Waals surface area contributed by atoms with Gasteiger partial charge in [-0.15, -0.1) is 0 Å². The van der Waals surface area contributed by atoms with Gasteiger partial charge >= 0.3 is 0 Å². The molecule has 1 aliphatic heterocycles. The summed E-state index contributed by atoms with van der Waals surface area (Å²) in [5.74, 6) is 1.27. The fourth-order valence-electron chi connectivity index (χ4n) is 4.85. The molecule has 0 aromatic carbocycles. The summed E-state index contributed by atoms with van der Waals surface area (Å²) in [7, 11) is 1.87. The number of nitrogens with one attached hydrogen (secondary N) is 1. The largest absolute Gasteiger partial charge is 0.355 e. The van der Waals surface area contributed by atoms with Gasteiger partial charge in [0.15, 0.2) is 11.5 Å². The lowest BCUT2D eigenvalue weighted by atomic mass is 9.80. The average molecular weight is 400 g/mol. The van der Waals surface area contributed by atoms with Crippen molar-refractivity contribution in [2.24, 2.45) is 13.0 Å². The van der Waals surface area contributed by atoms with Gasteiger partial charge in [-0.25, -0.2) is 0 Å². The van der Waals surface area contributed by atoms with Crippen molar-refractivity contribution < 1.29 is 9.32 Å². The molecule has 1 N–H and O–H groups in total. The average Bonchev–Trinajstić information content (AvgIpc) is 3.30. The highest BCUT2D eigenvalue weighted by atomic mass is 16.5. The number of nitrogens with zero attached hydrogens (tertiary/aromatic N) is 4. The zero-order chi connectivity index (χ0) is 20.4. The van der Waals surface area contributed by atoms with Crippen LogP contribution in [0, 0.1) is 12.8 Å². The number of hydrogen-bond acceptors (Lipinski definition) is 5. The minimum absolute atomic E-state index is 0.131. The van der Waals surface area contributed by atoms with E-state index in [2.05, 4.69) is 27.4 Å². The zero-order valence-corrected chi connectivity index (χ0v) is 17.9. The van der Waals surface area contributed by atoms with Crippen LogP contribution < -0.4 is 5.32 Å². The minimum Gasteiger partial charge on any atom is -0.355 e. The molecule has 29 heavy (non-hydrogen) atoms. The van der Waals surface area contributed by atoms with Crippen molar-refractivity contribution in [3.8, 4) is 11.3 Å². The van der Waals surface area contributed by atoms with Gasteiger partial charge in [0.1, 0.15) is 0 Å². The molecule has 0 bridgehead atoms. The van der Waals surface area contributed by atoms with E-state index in [1.807, 2.05) is 20.2 Å². The van der Waals surface area contributed by atoms with E-state index in [1.165, 1.54) is 32.1 Å². The highest BCUT2D eigenvalue weighted by molar-refractivity contribution is 5.93. The SMILES string of the molecule is Cc1nn(C)cc1-c1cc(C(=O)NC2(CN3CCC(C)CC3)CCCCC2)no1. The van der Waals surface area contributed by atoms with Gasteiger partial charge < -0.3 is 14.7 Å². The second-order valence-electron chi connectivity index (χ2n) is 9.13. The van der Waals surface area contributed by atoms with Gasteiger partial charge in [0, 0.05) is 25.9 Å². The quantitative estimate of drug-likeness (QED) is 0.832. The standard InChI is InChI=1S/C22H33N5O2/c1-16-7-11-27(12-8-16)15-22(9-5-4-6-10-22)23-21(28)19-13-20(29-25-19)18-14-26(3)24-17(18)2/h13-14,16H,4-12,15H2,1-3H3,(H,23,28). The van der Waals surface area contributed by atoms with Gasteiger partial charge in [-0.2, -0.15) is 5.10 Å². The fourth-order valence-corrected chi connectivity index (χ4v) is 4.85. The van der Waals surface area contributed by atoms with E-state index >= 15 is 0 Å². The number of likely N-dealkylation sites (tertiary alicyclic amines) is 1. The maximum atomic E-state index is 13.1. The second-order valence-corrected chi connectivity index (χ2v) is 9.13. The highest BCUT2D eigenvalue weighted by Crippen LogP contribution is 2.31. The van der Waals surface area contributed by atoms with Crippen LogP contribution in [-0.4, -0.2) is 50.9 Å². The molecule has 0 unspecified atom stereocenters. The van der Waals surface area contributed by atoms with E-state index in [0.717, 1.165) is 49.7 Å². The van der Waals surface area contributed by atoms with Crippen molar-refractivity contribution in [2.45, 2.75) is 64.3 Å². The third kappa shape index (κ3) is 4.55. The van der Waals surface area contributed by atoms with Crippen LogP contribution in [0.3, 0.4) is 0 Å². The van der Waals surface area contributed by atoms with Crippen LogP contribution in [0.25, 0.3) is 11.3 Å². The second kappa shape index (κ2) is 8.30. The van der Waals surface area contributed by atoms with Gasteiger partial charge in [0.2, 0.25) is 0 Å². The molecule has 1 saturated heterocycles. The van der Waals surface area contributed by atoms with Crippen LogP contribution in [0.15, 0.2) is 16.8 Å². The van der Waals surface area contributed by atoms with Crippen LogP contribution in [-0.2, 0) is 7.05 Å². The Morgan fingerprint density at radius 2 is 2.00 bits per heavy atom. The molecule has 4 rings (SSSR count). The summed E-state index contributed by atoms with van der Waals surface area (Å²) in [6.07, 6.45) is 10.1. The lowest BCUT2D eigenvalue weighted by Gasteiger charge is -2.43. The Kier molecular flexibility index (Phi) is 5.76. The van der Waals surface area contributed by atoms with E-state index in [-0.39, 0.29) is 11.4 Å². The first-order chi connectivity index (χ1) is 13.9. The molecule has 7 nitrogen and oxygen atoms in total. The predicted octanol–water partition coefficient (Wildman–Crippen LogP) is 3.55. The Morgan fingerprint density at radius 3 is 2.66 bits per heavy atom. The van der Waals surface area contributed by atoms with Crippen LogP contribution in [0.5, 0.6) is 0 Å². The van der Waals surface area contributed by atoms with E-state index in [1.54, 1.807) is 10.7 Å². The van der Waals surface area contributed by atoms with Crippen molar-refractivity contribution in [1.82, 2.24) is 25.2 Å². The maximum absolute atomic E-state index is 13.1. The Labute approximate surface area is 172 Å². The fraction of sp³-hybridized carbons (Fsp3) is 0.682. The predicted molar refractivity (Wildman–Crippen MR) is 112 cm³/mol. The van der Waals surface area contributed by atoms with Gasteiger partial charge in [0.05, 0.1) is 16.8 Å². The van der Waals surface area contributed by atoms with Crippen molar-refractivity contribution in [3.05, 3.63) is 23.7 Å². The number of rotatable bonds is 5. The number of piperidine rings is 1. The van der Waals surface area contributed by atoms with Gasteiger partial charge in [-0.05, 0) is 51.6 Å². The summed E-state index contributed by atoms with van der Waals surface area (Å²) in [4.78, 5) is 15.6. The normalized spacial score (nSPS) is 20.7. The molecule has 0 spiro atoms. The van der Waals surface area contributed by atoms with Crippen molar-refractivity contribution >= 4 is 5.91 Å². The summed E-state index contributed by atoms with van der Waals surface area (Å²) in [6, 6.07) is 1.73. The Bertz CT molecular complexity index is 841. The molecule has 3 heterocycles. The van der Waals surface area contributed by atoms with E-state index < -0.39 is 0 Å².